The summed E-state index contributed by atoms with van der Waals surface area (Å²) in [4.78, 5) is 19.1. The number of H-pyrrole nitrogens is 1. The second kappa shape index (κ2) is 4.97. The van der Waals surface area contributed by atoms with Gasteiger partial charge in [-0.2, -0.15) is 0 Å². The van der Waals surface area contributed by atoms with E-state index in [1.165, 1.54) is 4.70 Å². The molecule has 0 unspecified atom stereocenters. The van der Waals surface area contributed by atoms with E-state index in [0.29, 0.717) is 5.82 Å². The maximum Gasteiger partial charge on any atom is 0.251 e. The molecule has 0 saturated carbocycles. The molecule has 0 atom stereocenters. The third-order valence-electron chi connectivity index (χ3n) is 3.04. The van der Waals surface area contributed by atoms with Gasteiger partial charge in [0.05, 0.1) is 0 Å². The number of nitrogens with one attached hydrogen (secondary N) is 1. The molecule has 2 heterocycles. The highest BCUT2D eigenvalue weighted by Gasteiger charge is 2.09. The highest BCUT2D eigenvalue weighted by atomic mass is 32.1. The van der Waals surface area contributed by atoms with Gasteiger partial charge in [-0.05, 0) is 12.5 Å². The lowest BCUT2D eigenvalue weighted by molar-refractivity contribution is 0.870. The van der Waals surface area contributed by atoms with Crippen molar-refractivity contribution in [1.29, 1.82) is 0 Å². The Labute approximate surface area is 115 Å². The summed E-state index contributed by atoms with van der Waals surface area (Å²) in [5.41, 5.74) is 1.79. The fraction of sp³-hybridized carbons (Fsp3) is 0.200. The average molecular weight is 270 g/mol. The van der Waals surface area contributed by atoms with Gasteiger partial charge in [0.15, 0.2) is 0 Å². The minimum absolute atomic E-state index is 0.0799. The second-order valence-corrected chi connectivity index (χ2v) is 5.39. The second-order valence-electron chi connectivity index (χ2n) is 4.48. The molecular formula is C15H14N2OS. The SMILES string of the molecule is CCCc1cc(=O)[nH]c(-c2csc3ccccc23)n1. The molecule has 0 spiro atoms. The summed E-state index contributed by atoms with van der Waals surface area (Å²) in [7, 11) is 0. The Hall–Kier alpha value is -1.94. The lowest BCUT2D eigenvalue weighted by Crippen LogP contribution is -2.10. The van der Waals surface area contributed by atoms with Gasteiger partial charge in [0.2, 0.25) is 0 Å². The number of aromatic nitrogens is 2. The topological polar surface area (TPSA) is 45.8 Å². The molecule has 19 heavy (non-hydrogen) atoms. The fourth-order valence-corrected chi connectivity index (χ4v) is 3.13. The Bertz CT molecular complexity index is 773. The summed E-state index contributed by atoms with van der Waals surface area (Å²) in [5.74, 6) is 0.674. The average Bonchev–Trinajstić information content (AvgIpc) is 2.82. The van der Waals surface area contributed by atoms with E-state index in [-0.39, 0.29) is 5.56 Å². The number of aromatic amines is 1. The Morgan fingerprint density at radius 3 is 3.00 bits per heavy atom. The molecule has 4 heteroatoms. The zero-order valence-corrected chi connectivity index (χ0v) is 11.5. The molecule has 96 valence electrons. The van der Waals surface area contributed by atoms with Crippen LogP contribution >= 0.6 is 11.3 Å². The maximum atomic E-state index is 11.7. The highest BCUT2D eigenvalue weighted by Crippen LogP contribution is 2.31. The summed E-state index contributed by atoms with van der Waals surface area (Å²) in [6.07, 6.45) is 1.82. The van der Waals surface area contributed by atoms with Gasteiger partial charge in [-0.3, -0.25) is 4.79 Å². The molecular weight excluding hydrogens is 256 g/mol. The first-order chi connectivity index (χ1) is 9.28. The number of thiophene rings is 1. The fourth-order valence-electron chi connectivity index (χ4n) is 2.18. The van der Waals surface area contributed by atoms with Gasteiger partial charge in [-0.1, -0.05) is 31.5 Å². The van der Waals surface area contributed by atoms with Crippen molar-refractivity contribution in [3.05, 3.63) is 51.8 Å². The van der Waals surface area contributed by atoms with E-state index >= 15 is 0 Å². The number of aryl methyl sites for hydroxylation is 1. The lowest BCUT2D eigenvalue weighted by Gasteiger charge is -2.02. The minimum Gasteiger partial charge on any atom is -0.306 e. The van der Waals surface area contributed by atoms with Crippen molar-refractivity contribution in [2.75, 3.05) is 0 Å². The van der Waals surface area contributed by atoms with Crippen LogP contribution in [0.1, 0.15) is 19.0 Å². The predicted molar refractivity (Wildman–Crippen MR) is 79.7 cm³/mol. The van der Waals surface area contributed by atoms with E-state index < -0.39 is 0 Å². The van der Waals surface area contributed by atoms with Crippen LogP contribution < -0.4 is 5.56 Å². The quantitative estimate of drug-likeness (QED) is 0.790. The van der Waals surface area contributed by atoms with Crippen molar-refractivity contribution in [1.82, 2.24) is 9.97 Å². The summed E-state index contributed by atoms with van der Waals surface area (Å²) in [6.45, 7) is 2.09. The molecule has 0 aliphatic carbocycles. The van der Waals surface area contributed by atoms with Crippen molar-refractivity contribution >= 4 is 21.4 Å². The zero-order chi connectivity index (χ0) is 13.2. The Morgan fingerprint density at radius 2 is 2.16 bits per heavy atom. The van der Waals surface area contributed by atoms with Crippen LogP contribution in [-0.4, -0.2) is 9.97 Å². The van der Waals surface area contributed by atoms with Gasteiger partial charge < -0.3 is 4.98 Å². The molecule has 0 saturated heterocycles. The normalized spacial score (nSPS) is 11.0. The number of hydrogen-bond donors (Lipinski definition) is 1. The number of nitrogens with zero attached hydrogens (tertiary/aromatic N) is 1. The Balaban J connectivity index is 2.18. The standard InChI is InChI=1S/C15H14N2OS/c1-2-5-10-8-14(18)17-15(16-10)12-9-19-13-7-4-3-6-11(12)13/h3-4,6-9H,2,5H2,1H3,(H,16,17,18). The molecule has 3 nitrogen and oxygen atoms in total. The predicted octanol–water partition coefficient (Wildman–Crippen LogP) is 3.60. The van der Waals surface area contributed by atoms with Crippen molar-refractivity contribution in [2.45, 2.75) is 19.8 Å². The molecule has 0 fully saturated rings. The van der Waals surface area contributed by atoms with E-state index in [9.17, 15) is 4.79 Å². The number of fused-ring (bicyclic) bond motifs is 1. The molecule has 0 aliphatic heterocycles. The van der Waals surface area contributed by atoms with Crippen molar-refractivity contribution in [2.24, 2.45) is 0 Å². The smallest absolute Gasteiger partial charge is 0.251 e. The number of benzene rings is 1. The van der Waals surface area contributed by atoms with E-state index in [2.05, 4.69) is 34.4 Å². The molecule has 0 bridgehead atoms. The number of rotatable bonds is 3. The van der Waals surface area contributed by atoms with Crippen LogP contribution in [0.4, 0.5) is 0 Å². The molecule has 0 radical (unpaired) electrons. The van der Waals surface area contributed by atoms with Crippen molar-refractivity contribution in [3.8, 4) is 11.4 Å². The Kier molecular flexibility index (Phi) is 3.17. The minimum atomic E-state index is -0.0799. The zero-order valence-electron chi connectivity index (χ0n) is 10.6. The van der Waals surface area contributed by atoms with Crippen LogP contribution in [-0.2, 0) is 6.42 Å². The molecule has 0 amide bonds. The summed E-state index contributed by atoms with van der Waals surface area (Å²) < 4.78 is 1.21. The van der Waals surface area contributed by atoms with Gasteiger partial charge in [-0.25, -0.2) is 4.98 Å². The number of hydrogen-bond acceptors (Lipinski definition) is 3. The van der Waals surface area contributed by atoms with Gasteiger partial charge in [0.1, 0.15) is 5.82 Å². The van der Waals surface area contributed by atoms with Crippen molar-refractivity contribution in [3.63, 3.8) is 0 Å². The van der Waals surface area contributed by atoms with Crippen LogP contribution in [0.25, 0.3) is 21.5 Å². The Morgan fingerprint density at radius 1 is 1.32 bits per heavy atom. The highest BCUT2D eigenvalue weighted by molar-refractivity contribution is 7.17. The van der Waals surface area contributed by atoms with Gasteiger partial charge in [0.25, 0.3) is 5.56 Å². The first-order valence-electron chi connectivity index (χ1n) is 6.35. The molecule has 2 aromatic heterocycles. The molecule has 3 aromatic rings. The van der Waals surface area contributed by atoms with Crippen LogP contribution in [0.2, 0.25) is 0 Å². The van der Waals surface area contributed by atoms with E-state index in [0.717, 1.165) is 29.5 Å². The molecule has 3 rings (SSSR count). The summed E-state index contributed by atoms with van der Waals surface area (Å²) in [6, 6.07) is 9.76. The lowest BCUT2D eigenvalue weighted by atomic mass is 10.1. The summed E-state index contributed by atoms with van der Waals surface area (Å²) >= 11 is 1.67. The third-order valence-corrected chi connectivity index (χ3v) is 4.00. The van der Waals surface area contributed by atoms with Crippen LogP contribution in [0.15, 0.2) is 40.5 Å². The first-order valence-corrected chi connectivity index (χ1v) is 7.22. The summed E-state index contributed by atoms with van der Waals surface area (Å²) in [5, 5.41) is 3.20. The van der Waals surface area contributed by atoms with Gasteiger partial charge >= 0.3 is 0 Å². The van der Waals surface area contributed by atoms with Crippen LogP contribution in [0.5, 0.6) is 0 Å². The van der Waals surface area contributed by atoms with E-state index in [1.54, 1.807) is 17.4 Å². The van der Waals surface area contributed by atoms with E-state index in [1.807, 2.05) is 12.1 Å². The van der Waals surface area contributed by atoms with Gasteiger partial charge in [-0.15, -0.1) is 11.3 Å². The van der Waals surface area contributed by atoms with Crippen LogP contribution in [0.3, 0.4) is 0 Å². The van der Waals surface area contributed by atoms with E-state index in [4.69, 9.17) is 0 Å². The third kappa shape index (κ3) is 2.31. The molecule has 1 aromatic carbocycles. The van der Waals surface area contributed by atoms with Crippen molar-refractivity contribution < 1.29 is 0 Å². The molecule has 0 aliphatic rings. The largest absolute Gasteiger partial charge is 0.306 e. The van der Waals surface area contributed by atoms with Gasteiger partial charge in [0, 0.05) is 32.8 Å². The van der Waals surface area contributed by atoms with Crippen LogP contribution in [0, 0.1) is 0 Å². The maximum absolute atomic E-state index is 11.7. The monoisotopic (exact) mass is 270 g/mol. The first kappa shape index (κ1) is 12.1. The molecule has 1 N–H and O–H groups in total.